The molecular weight excluding hydrogens is 282 g/mol. The van der Waals surface area contributed by atoms with Gasteiger partial charge in [-0.2, -0.15) is 0 Å². The van der Waals surface area contributed by atoms with E-state index in [9.17, 15) is 9.59 Å². The van der Waals surface area contributed by atoms with Crippen molar-refractivity contribution in [1.29, 1.82) is 0 Å². The molecule has 0 saturated carbocycles. The quantitative estimate of drug-likeness (QED) is 0.520. The summed E-state index contributed by atoms with van der Waals surface area (Å²) in [6, 6.07) is 7.58. The van der Waals surface area contributed by atoms with E-state index in [4.69, 9.17) is 4.74 Å². The molecular formula is C17H23NO4. The van der Waals surface area contributed by atoms with Gasteiger partial charge in [0.25, 0.3) is 0 Å². The number of ether oxygens (including phenoxy) is 2. The molecule has 22 heavy (non-hydrogen) atoms. The van der Waals surface area contributed by atoms with Crippen LogP contribution in [0.3, 0.4) is 0 Å². The lowest BCUT2D eigenvalue weighted by Crippen LogP contribution is -2.30. The second kappa shape index (κ2) is 9.60. The van der Waals surface area contributed by atoms with Gasteiger partial charge in [0, 0.05) is 25.9 Å². The Kier molecular flexibility index (Phi) is 7.75. The van der Waals surface area contributed by atoms with E-state index in [-0.39, 0.29) is 18.3 Å². The molecule has 0 unspecified atom stereocenters. The summed E-state index contributed by atoms with van der Waals surface area (Å²) >= 11 is 0. The monoisotopic (exact) mass is 305 g/mol. The summed E-state index contributed by atoms with van der Waals surface area (Å²) in [6.45, 7) is 4.67. The number of esters is 1. The third-order valence-electron chi connectivity index (χ3n) is 3.23. The number of hydrogen-bond acceptors (Lipinski definition) is 4. The highest BCUT2D eigenvalue weighted by atomic mass is 16.5. The van der Waals surface area contributed by atoms with Gasteiger partial charge in [-0.3, -0.25) is 9.59 Å². The standard InChI is InChI=1S/C17H23NO4/c1-4-12-18(16(19)6-5-7-17(20)22-3)13-14-8-10-15(21-2)11-9-14/h4,8-11H,1,5-7,12-13H2,2-3H3. The third-order valence-corrected chi connectivity index (χ3v) is 3.23. The van der Waals surface area contributed by atoms with Gasteiger partial charge < -0.3 is 14.4 Å². The van der Waals surface area contributed by atoms with Crippen molar-refractivity contribution < 1.29 is 19.1 Å². The van der Waals surface area contributed by atoms with Crippen LogP contribution in [-0.2, 0) is 20.9 Å². The van der Waals surface area contributed by atoms with Crippen molar-refractivity contribution >= 4 is 11.9 Å². The molecule has 0 aliphatic heterocycles. The fourth-order valence-electron chi connectivity index (χ4n) is 2.01. The van der Waals surface area contributed by atoms with Crippen LogP contribution in [0, 0.1) is 0 Å². The van der Waals surface area contributed by atoms with Crippen LogP contribution in [0.15, 0.2) is 36.9 Å². The highest BCUT2D eigenvalue weighted by Gasteiger charge is 2.13. The molecule has 1 rings (SSSR count). The molecule has 0 fully saturated rings. The highest BCUT2D eigenvalue weighted by Crippen LogP contribution is 2.14. The second-order valence-corrected chi connectivity index (χ2v) is 4.84. The van der Waals surface area contributed by atoms with Gasteiger partial charge in [-0.25, -0.2) is 0 Å². The molecule has 1 amide bonds. The van der Waals surface area contributed by atoms with E-state index in [1.54, 1.807) is 18.1 Å². The molecule has 5 nitrogen and oxygen atoms in total. The summed E-state index contributed by atoms with van der Waals surface area (Å²) in [7, 11) is 2.96. The molecule has 0 bridgehead atoms. The first-order chi connectivity index (χ1) is 10.6. The van der Waals surface area contributed by atoms with Gasteiger partial charge >= 0.3 is 5.97 Å². The number of benzene rings is 1. The molecule has 0 heterocycles. The Morgan fingerprint density at radius 1 is 1.18 bits per heavy atom. The Morgan fingerprint density at radius 3 is 2.41 bits per heavy atom. The molecule has 0 radical (unpaired) electrons. The normalized spacial score (nSPS) is 9.91. The van der Waals surface area contributed by atoms with E-state index in [1.807, 2.05) is 24.3 Å². The minimum absolute atomic E-state index is 0.000351. The number of methoxy groups -OCH3 is 2. The number of carbonyl (C=O) groups is 2. The van der Waals surface area contributed by atoms with Gasteiger partial charge in [-0.05, 0) is 24.1 Å². The molecule has 0 aromatic heterocycles. The van der Waals surface area contributed by atoms with Gasteiger partial charge in [0.15, 0.2) is 0 Å². The average Bonchev–Trinajstić information content (AvgIpc) is 2.54. The molecule has 1 aromatic carbocycles. The lowest BCUT2D eigenvalue weighted by Gasteiger charge is -2.21. The number of rotatable bonds is 9. The predicted octanol–water partition coefficient (Wildman–Crippen LogP) is 2.55. The van der Waals surface area contributed by atoms with Crippen molar-refractivity contribution in [3.8, 4) is 5.75 Å². The van der Waals surface area contributed by atoms with Crippen LogP contribution in [-0.4, -0.2) is 37.5 Å². The van der Waals surface area contributed by atoms with Crippen LogP contribution in [0.2, 0.25) is 0 Å². The maximum absolute atomic E-state index is 12.2. The van der Waals surface area contributed by atoms with E-state index < -0.39 is 0 Å². The minimum Gasteiger partial charge on any atom is -0.497 e. The third kappa shape index (κ3) is 5.99. The molecule has 0 aliphatic rings. The lowest BCUT2D eigenvalue weighted by atomic mass is 10.1. The zero-order chi connectivity index (χ0) is 16.4. The van der Waals surface area contributed by atoms with Crippen LogP contribution in [0.1, 0.15) is 24.8 Å². The Morgan fingerprint density at radius 2 is 1.86 bits per heavy atom. The first-order valence-electron chi connectivity index (χ1n) is 7.19. The number of nitrogens with zero attached hydrogens (tertiary/aromatic N) is 1. The van der Waals surface area contributed by atoms with Crippen LogP contribution in [0.4, 0.5) is 0 Å². The van der Waals surface area contributed by atoms with Crippen molar-refractivity contribution in [2.45, 2.75) is 25.8 Å². The van der Waals surface area contributed by atoms with Crippen molar-refractivity contribution in [2.24, 2.45) is 0 Å². The number of amides is 1. The predicted molar refractivity (Wildman–Crippen MR) is 84.5 cm³/mol. The summed E-state index contributed by atoms with van der Waals surface area (Å²) in [5, 5.41) is 0. The molecule has 120 valence electrons. The smallest absolute Gasteiger partial charge is 0.305 e. The largest absolute Gasteiger partial charge is 0.497 e. The van der Waals surface area contributed by atoms with Crippen LogP contribution in [0.5, 0.6) is 5.75 Å². The topological polar surface area (TPSA) is 55.8 Å². The van der Waals surface area contributed by atoms with Crippen molar-refractivity contribution in [3.05, 3.63) is 42.5 Å². The van der Waals surface area contributed by atoms with Crippen LogP contribution in [0.25, 0.3) is 0 Å². The van der Waals surface area contributed by atoms with Crippen LogP contribution < -0.4 is 4.74 Å². The van der Waals surface area contributed by atoms with E-state index in [0.29, 0.717) is 25.9 Å². The molecule has 0 aliphatic carbocycles. The highest BCUT2D eigenvalue weighted by molar-refractivity contribution is 5.77. The summed E-state index contributed by atoms with van der Waals surface area (Å²) in [6.07, 6.45) is 2.76. The van der Waals surface area contributed by atoms with Crippen molar-refractivity contribution in [2.75, 3.05) is 20.8 Å². The Bertz CT molecular complexity index is 496. The van der Waals surface area contributed by atoms with Crippen molar-refractivity contribution in [1.82, 2.24) is 4.90 Å². The summed E-state index contributed by atoms with van der Waals surface area (Å²) in [5.41, 5.74) is 1.02. The fourth-order valence-corrected chi connectivity index (χ4v) is 2.01. The Balaban J connectivity index is 2.57. The first-order valence-corrected chi connectivity index (χ1v) is 7.19. The maximum atomic E-state index is 12.2. The van der Waals surface area contributed by atoms with Gasteiger partial charge in [0.2, 0.25) is 5.91 Å². The fraction of sp³-hybridized carbons (Fsp3) is 0.412. The summed E-state index contributed by atoms with van der Waals surface area (Å²) < 4.78 is 9.68. The minimum atomic E-state index is -0.293. The van der Waals surface area contributed by atoms with E-state index in [1.165, 1.54) is 7.11 Å². The zero-order valence-electron chi connectivity index (χ0n) is 13.2. The molecule has 0 spiro atoms. The van der Waals surface area contributed by atoms with E-state index in [0.717, 1.165) is 11.3 Å². The van der Waals surface area contributed by atoms with E-state index in [2.05, 4.69) is 11.3 Å². The maximum Gasteiger partial charge on any atom is 0.305 e. The van der Waals surface area contributed by atoms with Gasteiger partial charge in [0.05, 0.1) is 14.2 Å². The summed E-state index contributed by atoms with van der Waals surface area (Å²) in [5.74, 6) is 0.487. The lowest BCUT2D eigenvalue weighted by molar-refractivity contribution is -0.140. The molecule has 1 aromatic rings. The van der Waals surface area contributed by atoms with Gasteiger partial charge in [-0.1, -0.05) is 18.2 Å². The number of carbonyl (C=O) groups excluding carboxylic acids is 2. The van der Waals surface area contributed by atoms with E-state index >= 15 is 0 Å². The van der Waals surface area contributed by atoms with Gasteiger partial charge in [-0.15, -0.1) is 6.58 Å². The Labute approximate surface area is 131 Å². The molecule has 5 heteroatoms. The average molecular weight is 305 g/mol. The first kappa shape index (κ1) is 17.8. The Hall–Kier alpha value is -2.30. The second-order valence-electron chi connectivity index (χ2n) is 4.84. The van der Waals surface area contributed by atoms with Gasteiger partial charge in [0.1, 0.15) is 5.75 Å². The SMILES string of the molecule is C=CCN(Cc1ccc(OC)cc1)C(=O)CCCC(=O)OC. The molecule has 0 saturated heterocycles. The van der Waals surface area contributed by atoms with Crippen molar-refractivity contribution in [3.63, 3.8) is 0 Å². The molecule has 0 N–H and O–H groups in total. The zero-order valence-corrected chi connectivity index (χ0v) is 13.2. The molecule has 0 atom stereocenters. The number of hydrogen-bond donors (Lipinski definition) is 0. The summed E-state index contributed by atoms with van der Waals surface area (Å²) in [4.78, 5) is 25.0. The van der Waals surface area contributed by atoms with Crippen LogP contribution >= 0.6 is 0 Å².